The average Bonchev–Trinajstić information content (AvgIpc) is 2.46. The Morgan fingerprint density at radius 3 is 2.67 bits per heavy atom. The van der Waals surface area contributed by atoms with E-state index in [1.165, 1.54) is 36.8 Å². The van der Waals surface area contributed by atoms with Gasteiger partial charge in [0.2, 0.25) is 0 Å². The monoisotopic (exact) mass is 307 g/mol. The molecule has 1 nitrogen and oxygen atoms in total. The summed E-state index contributed by atoms with van der Waals surface area (Å²) < 4.78 is 0. The molecule has 1 aromatic rings. The number of rotatable bonds is 5. The Kier molecular flexibility index (Phi) is 6.13. The van der Waals surface area contributed by atoms with Crippen LogP contribution in [0.1, 0.15) is 63.6 Å². The first-order valence-electron chi connectivity index (χ1n) is 8.52. The van der Waals surface area contributed by atoms with Crippen LogP contribution in [0.2, 0.25) is 5.02 Å². The van der Waals surface area contributed by atoms with Crippen LogP contribution in [0.4, 0.5) is 0 Å². The van der Waals surface area contributed by atoms with Gasteiger partial charge in [-0.2, -0.15) is 0 Å². The van der Waals surface area contributed by atoms with Gasteiger partial charge in [-0.1, -0.05) is 44.9 Å². The van der Waals surface area contributed by atoms with Gasteiger partial charge in [0.1, 0.15) is 0 Å². The molecule has 0 saturated heterocycles. The predicted molar refractivity (Wildman–Crippen MR) is 92.9 cm³/mol. The van der Waals surface area contributed by atoms with E-state index in [9.17, 15) is 0 Å². The Labute approximate surface area is 135 Å². The predicted octanol–water partition coefficient (Wildman–Crippen LogP) is 5.76. The second-order valence-corrected chi connectivity index (χ2v) is 7.40. The maximum Gasteiger partial charge on any atom is 0.0409 e. The Bertz CT molecular complexity index is 457. The number of nitrogens with one attached hydrogen (secondary N) is 1. The van der Waals surface area contributed by atoms with Crippen LogP contribution in [-0.2, 0) is 0 Å². The minimum Gasteiger partial charge on any atom is -0.310 e. The third-order valence-corrected chi connectivity index (χ3v) is 5.54. The molecule has 1 aliphatic carbocycles. The highest BCUT2D eigenvalue weighted by molar-refractivity contribution is 6.30. The van der Waals surface area contributed by atoms with E-state index in [1.807, 2.05) is 6.07 Å². The maximum absolute atomic E-state index is 6.26. The van der Waals surface area contributed by atoms with Crippen molar-refractivity contribution in [1.82, 2.24) is 5.32 Å². The third-order valence-electron chi connectivity index (χ3n) is 5.30. The second-order valence-electron chi connectivity index (χ2n) is 6.96. The summed E-state index contributed by atoms with van der Waals surface area (Å²) in [6.07, 6.45) is 5.19. The number of hydrogen-bond donors (Lipinski definition) is 1. The minimum atomic E-state index is 0.457. The summed E-state index contributed by atoms with van der Waals surface area (Å²) in [4.78, 5) is 0. The van der Waals surface area contributed by atoms with Crippen molar-refractivity contribution in [2.45, 2.75) is 59.4 Å². The highest BCUT2D eigenvalue weighted by atomic mass is 35.5. The first kappa shape index (κ1) is 16.8. The molecule has 1 aromatic carbocycles. The molecule has 1 fully saturated rings. The van der Waals surface area contributed by atoms with Gasteiger partial charge in [0, 0.05) is 11.1 Å². The van der Waals surface area contributed by atoms with Crippen LogP contribution in [0, 0.1) is 24.7 Å². The fourth-order valence-corrected chi connectivity index (χ4v) is 3.85. The third kappa shape index (κ3) is 4.23. The smallest absolute Gasteiger partial charge is 0.0409 e. The first-order chi connectivity index (χ1) is 10.0. The lowest BCUT2D eigenvalue weighted by Gasteiger charge is -2.38. The summed E-state index contributed by atoms with van der Waals surface area (Å²) in [5.41, 5.74) is 2.77. The normalized spacial score (nSPS) is 27.6. The molecular formula is C19H30ClN. The van der Waals surface area contributed by atoms with Crippen molar-refractivity contribution in [3.05, 3.63) is 34.3 Å². The highest BCUT2D eigenvalue weighted by Gasteiger charge is 2.31. The molecule has 1 N–H and O–H groups in total. The lowest BCUT2D eigenvalue weighted by Crippen LogP contribution is -2.34. The molecule has 1 aliphatic rings. The molecule has 0 heterocycles. The zero-order valence-corrected chi connectivity index (χ0v) is 14.7. The van der Waals surface area contributed by atoms with Gasteiger partial charge in [0.25, 0.3) is 0 Å². The van der Waals surface area contributed by atoms with Gasteiger partial charge in [-0.15, -0.1) is 0 Å². The fourth-order valence-electron chi connectivity index (χ4n) is 3.67. The number of halogens is 1. The summed E-state index contributed by atoms with van der Waals surface area (Å²) in [5.74, 6) is 2.43. The maximum atomic E-state index is 6.26. The zero-order valence-electron chi connectivity index (χ0n) is 14.0. The van der Waals surface area contributed by atoms with Crippen molar-refractivity contribution in [2.75, 3.05) is 6.54 Å². The summed E-state index contributed by atoms with van der Waals surface area (Å²) >= 11 is 6.26. The van der Waals surface area contributed by atoms with Crippen molar-refractivity contribution >= 4 is 11.6 Å². The molecular weight excluding hydrogens is 278 g/mol. The number of aryl methyl sites for hydroxylation is 1. The molecule has 0 bridgehead atoms. The fraction of sp³-hybridized carbons (Fsp3) is 0.684. The average molecular weight is 308 g/mol. The molecule has 21 heavy (non-hydrogen) atoms. The van der Waals surface area contributed by atoms with Gasteiger partial charge < -0.3 is 5.32 Å². The highest BCUT2D eigenvalue weighted by Crippen LogP contribution is 2.41. The Balaban J connectivity index is 2.23. The molecule has 0 amide bonds. The van der Waals surface area contributed by atoms with E-state index in [2.05, 4.69) is 45.1 Å². The number of hydrogen-bond acceptors (Lipinski definition) is 1. The van der Waals surface area contributed by atoms with Gasteiger partial charge in [0.15, 0.2) is 0 Å². The summed E-state index contributed by atoms with van der Waals surface area (Å²) in [6, 6.07) is 6.79. The molecule has 2 heteroatoms. The summed E-state index contributed by atoms with van der Waals surface area (Å²) in [5, 5.41) is 4.66. The molecule has 4 unspecified atom stereocenters. The van der Waals surface area contributed by atoms with Crippen molar-refractivity contribution < 1.29 is 0 Å². The number of benzene rings is 1. The topological polar surface area (TPSA) is 12.0 Å². The zero-order chi connectivity index (χ0) is 15.4. The van der Waals surface area contributed by atoms with Crippen LogP contribution in [0.15, 0.2) is 18.2 Å². The second kappa shape index (κ2) is 7.65. The van der Waals surface area contributed by atoms with Crippen molar-refractivity contribution in [2.24, 2.45) is 17.8 Å². The quantitative estimate of drug-likeness (QED) is 0.729. The van der Waals surface area contributed by atoms with Crippen LogP contribution < -0.4 is 5.32 Å². The largest absolute Gasteiger partial charge is 0.310 e. The van der Waals surface area contributed by atoms with Gasteiger partial charge in [-0.05, 0) is 73.7 Å². The molecule has 0 radical (unpaired) electrons. The molecule has 0 aliphatic heterocycles. The van der Waals surface area contributed by atoms with Crippen molar-refractivity contribution in [1.29, 1.82) is 0 Å². The summed E-state index contributed by atoms with van der Waals surface area (Å²) in [6.45, 7) is 10.3. The van der Waals surface area contributed by atoms with Crippen LogP contribution in [0.5, 0.6) is 0 Å². The molecule has 0 spiro atoms. The van der Waals surface area contributed by atoms with E-state index in [1.54, 1.807) is 0 Å². The van der Waals surface area contributed by atoms with Gasteiger partial charge in [0.05, 0.1) is 0 Å². The molecule has 1 saturated carbocycles. The lowest BCUT2D eigenvalue weighted by atomic mass is 9.71. The van der Waals surface area contributed by atoms with Gasteiger partial charge >= 0.3 is 0 Å². The van der Waals surface area contributed by atoms with Gasteiger partial charge in [-0.25, -0.2) is 0 Å². The molecule has 0 aromatic heterocycles. The van der Waals surface area contributed by atoms with Crippen LogP contribution >= 0.6 is 11.6 Å². The van der Waals surface area contributed by atoms with Crippen molar-refractivity contribution in [3.8, 4) is 0 Å². The van der Waals surface area contributed by atoms with E-state index in [0.29, 0.717) is 6.04 Å². The standard InChI is InChI=1S/C19H30ClN/c1-5-10-21-19(16-8-6-13(2)15(4)11-16)18-12-17(20)9-7-14(18)3/h7,9,12-13,15-16,19,21H,5-6,8,10-11H2,1-4H3. The van der Waals surface area contributed by atoms with E-state index in [4.69, 9.17) is 11.6 Å². The van der Waals surface area contributed by atoms with Crippen molar-refractivity contribution in [3.63, 3.8) is 0 Å². The lowest BCUT2D eigenvalue weighted by molar-refractivity contribution is 0.171. The summed E-state index contributed by atoms with van der Waals surface area (Å²) in [7, 11) is 0. The molecule has 2 rings (SSSR count). The van der Waals surface area contributed by atoms with Crippen LogP contribution in [-0.4, -0.2) is 6.54 Å². The van der Waals surface area contributed by atoms with Gasteiger partial charge in [-0.3, -0.25) is 0 Å². The minimum absolute atomic E-state index is 0.457. The van der Waals surface area contributed by atoms with Crippen LogP contribution in [0.25, 0.3) is 0 Å². The molecule has 4 atom stereocenters. The van der Waals surface area contributed by atoms with E-state index in [-0.39, 0.29) is 0 Å². The SMILES string of the molecule is CCCNC(c1cc(Cl)ccc1C)C1CCC(C)C(C)C1. The Morgan fingerprint density at radius 2 is 2.00 bits per heavy atom. The van der Waals surface area contributed by atoms with E-state index >= 15 is 0 Å². The molecule has 118 valence electrons. The van der Waals surface area contributed by atoms with E-state index in [0.717, 1.165) is 29.3 Å². The first-order valence-corrected chi connectivity index (χ1v) is 8.90. The van der Waals surface area contributed by atoms with Crippen LogP contribution in [0.3, 0.4) is 0 Å². The Hall–Kier alpha value is -0.530. The van der Waals surface area contributed by atoms with E-state index < -0.39 is 0 Å². The Morgan fingerprint density at radius 1 is 1.24 bits per heavy atom.